The first-order valence-corrected chi connectivity index (χ1v) is 6.86. The minimum Gasteiger partial charge on any atom is -0.545 e. The van der Waals surface area contributed by atoms with Gasteiger partial charge in [-0.15, -0.1) is 0 Å². The smallest absolute Gasteiger partial charge is 0.242 e. The summed E-state index contributed by atoms with van der Waals surface area (Å²) < 4.78 is 5.44. The Kier molecular flexibility index (Phi) is 3.82. The Morgan fingerprint density at radius 2 is 2.00 bits per heavy atom. The van der Waals surface area contributed by atoms with Crippen molar-refractivity contribution >= 4 is 14.6 Å². The number of allylic oxidation sites excluding steroid dienone is 2. The Bertz CT molecular complexity index is 177. The first kappa shape index (κ1) is 10.2. The molecule has 0 aliphatic rings. The maximum atomic E-state index is 9.90. The molecule has 3 heteroatoms. The molecule has 0 N–H and O–H groups in total. The van der Waals surface area contributed by atoms with Gasteiger partial charge in [0.2, 0.25) is 8.32 Å². The van der Waals surface area contributed by atoms with Gasteiger partial charge in [0.05, 0.1) is 5.76 Å². The van der Waals surface area contributed by atoms with Crippen LogP contribution in [0.25, 0.3) is 0 Å². The van der Waals surface area contributed by atoms with E-state index in [1.807, 2.05) is 0 Å². The summed E-state index contributed by atoms with van der Waals surface area (Å²) in [6.07, 6.45) is 3.66. The summed E-state index contributed by atoms with van der Waals surface area (Å²) in [6, 6.07) is 0. The van der Waals surface area contributed by atoms with Crippen molar-refractivity contribution in [3.8, 4) is 0 Å². The van der Waals surface area contributed by atoms with Gasteiger partial charge in [0, 0.05) is 0 Å². The van der Waals surface area contributed by atoms with Crippen LogP contribution >= 0.6 is 0 Å². The molecule has 2 nitrogen and oxygen atoms in total. The maximum absolute atomic E-state index is 9.90. The molecule has 0 radical (unpaired) electrons. The van der Waals surface area contributed by atoms with Gasteiger partial charge in [-0.05, 0) is 31.8 Å². The van der Waals surface area contributed by atoms with E-state index in [4.69, 9.17) is 4.43 Å². The fourth-order valence-corrected chi connectivity index (χ4v) is 1.43. The molecule has 0 bridgehead atoms. The van der Waals surface area contributed by atoms with Crippen LogP contribution < -0.4 is 0 Å². The zero-order valence-electron chi connectivity index (χ0n) is 7.26. The van der Waals surface area contributed by atoms with Crippen molar-refractivity contribution in [1.82, 2.24) is 0 Å². The minimum absolute atomic E-state index is 0.566. The molecule has 0 unspecified atom stereocenters. The second-order valence-corrected chi connectivity index (χ2v) is 7.60. The van der Waals surface area contributed by atoms with E-state index in [2.05, 4.69) is 26.2 Å². The van der Waals surface area contributed by atoms with Gasteiger partial charge in [0.1, 0.15) is 6.29 Å². The summed E-state index contributed by atoms with van der Waals surface area (Å²) in [5.41, 5.74) is 0. The summed E-state index contributed by atoms with van der Waals surface area (Å²) in [4.78, 5) is 9.90. The molecule has 0 saturated carbocycles. The minimum atomic E-state index is -1.54. The zero-order chi connectivity index (χ0) is 8.91. The van der Waals surface area contributed by atoms with Gasteiger partial charge in [-0.3, -0.25) is 4.79 Å². The Morgan fingerprint density at radius 3 is 2.36 bits per heavy atom. The third-order valence-corrected chi connectivity index (χ3v) is 1.67. The number of aldehydes is 1. The van der Waals surface area contributed by atoms with Crippen LogP contribution in [0, 0.1) is 0 Å². The van der Waals surface area contributed by atoms with E-state index in [9.17, 15) is 4.79 Å². The summed E-state index contributed by atoms with van der Waals surface area (Å²) in [6.45, 7) is 9.83. The second kappa shape index (κ2) is 4.13. The zero-order valence-corrected chi connectivity index (χ0v) is 8.26. The largest absolute Gasteiger partial charge is 0.545 e. The van der Waals surface area contributed by atoms with E-state index in [1.165, 1.54) is 6.08 Å². The molecule has 0 heterocycles. The van der Waals surface area contributed by atoms with Crippen LogP contribution in [0.1, 0.15) is 0 Å². The number of hydrogen-bond donors (Lipinski definition) is 0. The number of carbonyl (C=O) groups excluding carboxylic acids is 1. The molecule has 0 aromatic heterocycles. The molecule has 0 saturated heterocycles. The van der Waals surface area contributed by atoms with Gasteiger partial charge in [0.15, 0.2) is 0 Å². The lowest BCUT2D eigenvalue weighted by Crippen LogP contribution is -2.24. The Hall–Kier alpha value is -0.833. The quantitative estimate of drug-likeness (QED) is 0.212. The Labute approximate surface area is 68.7 Å². The van der Waals surface area contributed by atoms with E-state index in [-0.39, 0.29) is 0 Å². The topological polar surface area (TPSA) is 26.3 Å². The normalized spacial score (nSPS) is 11.5. The molecule has 0 aromatic carbocycles. The lowest BCUT2D eigenvalue weighted by Gasteiger charge is -2.18. The number of hydrogen-bond acceptors (Lipinski definition) is 2. The van der Waals surface area contributed by atoms with E-state index < -0.39 is 8.32 Å². The van der Waals surface area contributed by atoms with Gasteiger partial charge < -0.3 is 4.43 Å². The predicted octanol–water partition coefficient (Wildman–Crippen LogP) is 2.11. The highest BCUT2D eigenvalue weighted by molar-refractivity contribution is 6.70. The van der Waals surface area contributed by atoms with Crippen molar-refractivity contribution in [3.63, 3.8) is 0 Å². The molecule has 0 atom stereocenters. The maximum Gasteiger partial charge on any atom is 0.242 e. The standard InChI is InChI=1S/C8H14O2Si/c1-8(6-5-7-9)10-11(2,3)4/h5-7H,1H2,2-4H3/b6-5+. The SMILES string of the molecule is C=C(/C=C/C=O)O[Si](C)(C)C. The highest BCUT2D eigenvalue weighted by Crippen LogP contribution is 2.08. The Morgan fingerprint density at radius 1 is 1.45 bits per heavy atom. The lowest BCUT2D eigenvalue weighted by atomic mass is 10.5. The van der Waals surface area contributed by atoms with E-state index in [1.54, 1.807) is 6.08 Å². The monoisotopic (exact) mass is 170 g/mol. The van der Waals surface area contributed by atoms with Gasteiger partial charge in [-0.1, -0.05) is 6.58 Å². The second-order valence-electron chi connectivity index (χ2n) is 3.18. The molecule has 62 valence electrons. The average Bonchev–Trinajstić information content (AvgIpc) is 1.79. The average molecular weight is 170 g/mol. The third kappa shape index (κ3) is 7.06. The number of rotatable bonds is 4. The van der Waals surface area contributed by atoms with Crippen molar-refractivity contribution in [2.45, 2.75) is 19.6 Å². The number of carbonyl (C=O) groups is 1. The predicted molar refractivity (Wildman–Crippen MR) is 48.8 cm³/mol. The Balaban J connectivity index is 3.89. The molecular formula is C8H14O2Si. The van der Waals surface area contributed by atoms with Crippen molar-refractivity contribution in [2.75, 3.05) is 0 Å². The van der Waals surface area contributed by atoms with Crippen molar-refractivity contribution in [1.29, 1.82) is 0 Å². The van der Waals surface area contributed by atoms with E-state index >= 15 is 0 Å². The molecule has 0 rings (SSSR count). The summed E-state index contributed by atoms with van der Waals surface area (Å²) in [7, 11) is -1.54. The van der Waals surface area contributed by atoms with Gasteiger partial charge >= 0.3 is 0 Å². The van der Waals surface area contributed by atoms with Crippen LogP contribution in [-0.2, 0) is 9.22 Å². The molecule has 0 fully saturated rings. The summed E-state index contributed by atoms with van der Waals surface area (Å²) in [5, 5.41) is 0. The first-order chi connectivity index (χ1) is 4.95. The fraction of sp³-hybridized carbons (Fsp3) is 0.375. The van der Waals surface area contributed by atoms with Crippen molar-refractivity contribution in [3.05, 3.63) is 24.5 Å². The highest BCUT2D eigenvalue weighted by atomic mass is 28.4. The molecular weight excluding hydrogens is 156 g/mol. The molecule has 0 aromatic rings. The molecule has 0 aliphatic heterocycles. The van der Waals surface area contributed by atoms with E-state index in [0.29, 0.717) is 12.0 Å². The summed E-state index contributed by atoms with van der Waals surface area (Å²) in [5.74, 6) is 0.566. The van der Waals surface area contributed by atoms with Crippen LogP contribution in [-0.4, -0.2) is 14.6 Å². The van der Waals surface area contributed by atoms with Crippen LogP contribution in [0.4, 0.5) is 0 Å². The summed E-state index contributed by atoms with van der Waals surface area (Å²) >= 11 is 0. The van der Waals surface area contributed by atoms with Crippen molar-refractivity contribution in [2.24, 2.45) is 0 Å². The molecule has 0 amide bonds. The highest BCUT2D eigenvalue weighted by Gasteiger charge is 2.15. The van der Waals surface area contributed by atoms with Crippen LogP contribution in [0.3, 0.4) is 0 Å². The van der Waals surface area contributed by atoms with Gasteiger partial charge in [0.25, 0.3) is 0 Å². The molecule has 11 heavy (non-hydrogen) atoms. The van der Waals surface area contributed by atoms with E-state index in [0.717, 1.165) is 0 Å². The lowest BCUT2D eigenvalue weighted by molar-refractivity contribution is -0.104. The van der Waals surface area contributed by atoms with Crippen LogP contribution in [0.5, 0.6) is 0 Å². The van der Waals surface area contributed by atoms with Gasteiger partial charge in [-0.25, -0.2) is 0 Å². The van der Waals surface area contributed by atoms with Crippen LogP contribution in [0.2, 0.25) is 19.6 Å². The van der Waals surface area contributed by atoms with Gasteiger partial charge in [-0.2, -0.15) is 0 Å². The first-order valence-electron chi connectivity index (χ1n) is 3.45. The third-order valence-electron chi connectivity index (χ3n) is 0.798. The molecule has 0 spiro atoms. The fourth-order valence-electron chi connectivity index (χ4n) is 0.574. The molecule has 0 aliphatic carbocycles. The van der Waals surface area contributed by atoms with Crippen LogP contribution in [0.15, 0.2) is 24.5 Å². The van der Waals surface area contributed by atoms with Crippen molar-refractivity contribution < 1.29 is 9.22 Å².